The first-order valence-corrected chi connectivity index (χ1v) is 6.56. The van der Waals surface area contributed by atoms with E-state index < -0.39 is 11.9 Å². The number of rotatable bonds is 6. The van der Waals surface area contributed by atoms with Gasteiger partial charge in [0.1, 0.15) is 5.92 Å². The van der Waals surface area contributed by atoms with E-state index in [1.54, 1.807) is 11.7 Å². The van der Waals surface area contributed by atoms with Gasteiger partial charge in [-0.25, -0.2) is 0 Å². The monoisotopic (exact) mass is 280 g/mol. The van der Waals surface area contributed by atoms with E-state index in [0.717, 1.165) is 12.1 Å². The van der Waals surface area contributed by atoms with Crippen molar-refractivity contribution in [2.45, 2.75) is 12.3 Å². The molecule has 20 heavy (non-hydrogen) atoms. The van der Waals surface area contributed by atoms with Crippen molar-refractivity contribution in [3.05, 3.63) is 11.9 Å². The number of esters is 1. The molecule has 0 radical (unpaired) electrons. The molecule has 1 aliphatic rings. The standard InChI is InChI=1S/C13H20N4O3/c1-16(2)6-10(13(19)20-4)12(18)9-5-8(9)11-7-17(3)15-14-11/h7-10H,5-6H2,1-4H3/t8-,9-,10?/m1/s1. The van der Waals surface area contributed by atoms with Crippen LogP contribution in [0.5, 0.6) is 0 Å². The van der Waals surface area contributed by atoms with Gasteiger partial charge in [-0.3, -0.25) is 14.3 Å². The highest BCUT2D eigenvalue weighted by atomic mass is 16.5. The number of ether oxygens (including phenoxy) is 1. The first kappa shape index (κ1) is 14.6. The van der Waals surface area contributed by atoms with Crippen molar-refractivity contribution in [2.75, 3.05) is 27.7 Å². The molecular formula is C13H20N4O3. The van der Waals surface area contributed by atoms with Gasteiger partial charge in [0.2, 0.25) is 0 Å². The van der Waals surface area contributed by atoms with E-state index in [9.17, 15) is 9.59 Å². The highest BCUT2D eigenvalue weighted by Gasteiger charge is 2.49. The van der Waals surface area contributed by atoms with Crippen molar-refractivity contribution in [3.63, 3.8) is 0 Å². The Bertz CT molecular complexity index is 511. The summed E-state index contributed by atoms with van der Waals surface area (Å²) in [4.78, 5) is 26.0. The van der Waals surface area contributed by atoms with Gasteiger partial charge in [0, 0.05) is 31.6 Å². The smallest absolute Gasteiger partial charge is 0.317 e. The predicted octanol–water partition coefficient (Wildman–Crippen LogP) is -0.161. The van der Waals surface area contributed by atoms with Gasteiger partial charge in [-0.1, -0.05) is 5.21 Å². The molecule has 1 unspecified atom stereocenters. The topological polar surface area (TPSA) is 77.3 Å². The zero-order valence-electron chi connectivity index (χ0n) is 12.2. The second kappa shape index (κ2) is 5.70. The zero-order valence-corrected chi connectivity index (χ0v) is 12.2. The predicted molar refractivity (Wildman–Crippen MR) is 70.9 cm³/mol. The van der Waals surface area contributed by atoms with Crippen molar-refractivity contribution in [2.24, 2.45) is 18.9 Å². The number of carbonyl (C=O) groups is 2. The molecule has 0 bridgehead atoms. The Balaban J connectivity index is 2.04. The number of aromatic nitrogens is 3. The third-order valence-electron chi connectivity index (χ3n) is 3.53. The molecule has 0 aromatic carbocycles. The lowest BCUT2D eigenvalue weighted by Gasteiger charge is -2.17. The molecule has 0 N–H and O–H groups in total. The minimum absolute atomic E-state index is 0.0544. The van der Waals surface area contributed by atoms with Crippen LogP contribution in [0.25, 0.3) is 0 Å². The summed E-state index contributed by atoms with van der Waals surface area (Å²) in [5.74, 6) is -1.29. The second-order valence-corrected chi connectivity index (χ2v) is 5.51. The summed E-state index contributed by atoms with van der Waals surface area (Å²) in [5.41, 5.74) is 0.819. The van der Waals surface area contributed by atoms with Gasteiger partial charge < -0.3 is 9.64 Å². The highest BCUT2D eigenvalue weighted by Crippen LogP contribution is 2.48. The number of aryl methyl sites for hydroxylation is 1. The van der Waals surface area contributed by atoms with E-state index in [1.165, 1.54) is 7.11 Å². The average Bonchev–Trinajstić information content (AvgIpc) is 3.09. The van der Waals surface area contributed by atoms with Gasteiger partial charge in [0.15, 0.2) is 5.78 Å². The third-order valence-corrected chi connectivity index (χ3v) is 3.53. The number of hydrogen-bond acceptors (Lipinski definition) is 6. The molecule has 1 aromatic rings. The summed E-state index contributed by atoms with van der Waals surface area (Å²) in [6, 6.07) is 0. The Morgan fingerprint density at radius 3 is 2.75 bits per heavy atom. The maximum atomic E-state index is 12.4. The van der Waals surface area contributed by atoms with Crippen LogP contribution in [0.3, 0.4) is 0 Å². The quantitative estimate of drug-likeness (QED) is 0.532. The van der Waals surface area contributed by atoms with Crippen LogP contribution in [-0.2, 0) is 21.4 Å². The minimum Gasteiger partial charge on any atom is -0.468 e. The molecule has 0 spiro atoms. The molecule has 1 fully saturated rings. The summed E-state index contributed by atoms with van der Waals surface area (Å²) in [5, 5.41) is 7.90. The molecule has 0 saturated heterocycles. The number of Topliss-reactive ketones (excluding diaryl/α,β-unsaturated/α-hetero) is 1. The van der Waals surface area contributed by atoms with Crippen LogP contribution in [0.4, 0.5) is 0 Å². The second-order valence-electron chi connectivity index (χ2n) is 5.51. The summed E-state index contributed by atoms with van der Waals surface area (Å²) < 4.78 is 6.36. The Kier molecular flexibility index (Phi) is 4.17. The third kappa shape index (κ3) is 3.04. The lowest BCUT2D eigenvalue weighted by molar-refractivity contribution is -0.150. The van der Waals surface area contributed by atoms with Crippen molar-refractivity contribution in [3.8, 4) is 0 Å². The molecule has 2 rings (SSSR count). The fourth-order valence-corrected chi connectivity index (χ4v) is 2.42. The minimum atomic E-state index is -0.721. The van der Waals surface area contributed by atoms with Gasteiger partial charge in [0.05, 0.1) is 12.8 Å². The number of hydrogen-bond donors (Lipinski definition) is 0. The molecule has 7 nitrogen and oxygen atoms in total. The van der Waals surface area contributed by atoms with Crippen molar-refractivity contribution in [1.82, 2.24) is 19.9 Å². The van der Waals surface area contributed by atoms with Crippen LogP contribution in [0.1, 0.15) is 18.0 Å². The zero-order chi connectivity index (χ0) is 14.9. The van der Waals surface area contributed by atoms with E-state index >= 15 is 0 Å². The maximum Gasteiger partial charge on any atom is 0.317 e. The van der Waals surface area contributed by atoms with Crippen LogP contribution in [0.15, 0.2) is 6.20 Å². The Labute approximate surface area is 117 Å². The molecule has 7 heteroatoms. The van der Waals surface area contributed by atoms with Crippen LogP contribution < -0.4 is 0 Å². The molecule has 0 aliphatic heterocycles. The van der Waals surface area contributed by atoms with E-state index in [4.69, 9.17) is 4.74 Å². The molecule has 3 atom stereocenters. The first-order chi connectivity index (χ1) is 9.43. The largest absolute Gasteiger partial charge is 0.468 e. The highest BCUT2D eigenvalue weighted by molar-refractivity contribution is 6.02. The lowest BCUT2D eigenvalue weighted by atomic mass is 9.98. The fourth-order valence-electron chi connectivity index (χ4n) is 2.42. The van der Waals surface area contributed by atoms with Crippen molar-refractivity contribution in [1.29, 1.82) is 0 Å². The van der Waals surface area contributed by atoms with Crippen LogP contribution >= 0.6 is 0 Å². The summed E-state index contributed by atoms with van der Waals surface area (Å²) in [6.07, 6.45) is 2.55. The molecule has 110 valence electrons. The lowest BCUT2D eigenvalue weighted by Crippen LogP contribution is -2.35. The van der Waals surface area contributed by atoms with Gasteiger partial charge >= 0.3 is 5.97 Å². The van der Waals surface area contributed by atoms with Crippen molar-refractivity contribution < 1.29 is 14.3 Å². The van der Waals surface area contributed by atoms with Crippen LogP contribution in [-0.4, -0.2) is 59.4 Å². The summed E-state index contributed by atoms with van der Waals surface area (Å²) in [6.45, 7) is 0.370. The van der Waals surface area contributed by atoms with Crippen molar-refractivity contribution >= 4 is 11.8 Å². The first-order valence-electron chi connectivity index (χ1n) is 6.56. The fraction of sp³-hybridized carbons (Fsp3) is 0.692. The van der Waals surface area contributed by atoms with Gasteiger partial charge in [-0.15, -0.1) is 5.10 Å². The van der Waals surface area contributed by atoms with Gasteiger partial charge in [-0.2, -0.15) is 0 Å². The molecule has 0 amide bonds. The number of ketones is 1. The molecule has 1 aromatic heterocycles. The molecule has 1 aliphatic carbocycles. The average molecular weight is 280 g/mol. The number of carbonyl (C=O) groups excluding carboxylic acids is 2. The number of methoxy groups -OCH3 is 1. The van der Waals surface area contributed by atoms with E-state index in [-0.39, 0.29) is 17.6 Å². The van der Waals surface area contributed by atoms with Gasteiger partial charge in [-0.05, 0) is 20.5 Å². The molecular weight excluding hydrogens is 260 g/mol. The van der Waals surface area contributed by atoms with E-state index in [0.29, 0.717) is 6.54 Å². The maximum absolute atomic E-state index is 12.4. The summed E-state index contributed by atoms with van der Waals surface area (Å²) in [7, 11) is 6.76. The van der Waals surface area contributed by atoms with Crippen LogP contribution in [0, 0.1) is 11.8 Å². The van der Waals surface area contributed by atoms with E-state index in [2.05, 4.69) is 10.3 Å². The Hall–Kier alpha value is -1.76. The van der Waals surface area contributed by atoms with Gasteiger partial charge in [0.25, 0.3) is 0 Å². The molecule has 1 saturated carbocycles. The van der Waals surface area contributed by atoms with E-state index in [1.807, 2.05) is 25.2 Å². The summed E-state index contributed by atoms with van der Waals surface area (Å²) >= 11 is 0. The van der Waals surface area contributed by atoms with Crippen LogP contribution in [0.2, 0.25) is 0 Å². The molecule has 1 heterocycles. The SMILES string of the molecule is COC(=O)C(CN(C)C)C(=O)[C@@H]1C[C@H]1c1cn(C)nn1. The Morgan fingerprint density at radius 2 is 2.25 bits per heavy atom. The normalized spacial score (nSPS) is 22.6. The Morgan fingerprint density at radius 1 is 1.55 bits per heavy atom. The number of nitrogens with zero attached hydrogens (tertiary/aromatic N) is 4.